The highest BCUT2D eigenvalue weighted by molar-refractivity contribution is 7.46. The Balaban J connectivity index is 0.957. The monoisotopic (exact) mass is 854 g/mol. The summed E-state index contributed by atoms with van der Waals surface area (Å²) in [5, 5.41) is 31.9. The first-order chi connectivity index (χ1) is 28.3. The molecule has 5 atom stereocenters. The number of halogens is 1. The van der Waals surface area contributed by atoms with Gasteiger partial charge in [-0.3, -0.25) is 43.5 Å². The minimum Gasteiger partial charge on any atom is -0.383 e. The van der Waals surface area contributed by atoms with Gasteiger partial charge in [-0.15, -0.1) is 0 Å². The Morgan fingerprint density at radius 2 is 1.73 bits per heavy atom. The van der Waals surface area contributed by atoms with E-state index < -0.39 is 72.3 Å². The molecule has 3 aliphatic heterocycles. The lowest BCUT2D eigenvalue weighted by atomic mass is 9.95. The zero-order valence-corrected chi connectivity index (χ0v) is 32.9. The first-order valence-corrected chi connectivity index (χ1v) is 20.0. The summed E-state index contributed by atoms with van der Waals surface area (Å²) in [4.78, 5) is 97.2. The number of aliphatic imine (C=N–C) groups is 1. The molecule has 318 valence electrons. The van der Waals surface area contributed by atoms with E-state index >= 15 is 4.39 Å². The number of amidine groups is 1. The first-order valence-electron chi connectivity index (χ1n) is 18.4. The molecule has 21 nitrogen and oxygen atoms in total. The topological polar surface area (TPSA) is 292 Å². The number of amides is 5. The molecule has 2 aromatic rings. The molecule has 5 amide bonds. The molecule has 4 aliphatic rings. The molecule has 6 rings (SSSR count). The Hall–Kier alpha value is -6.03. The van der Waals surface area contributed by atoms with Crippen LogP contribution < -0.4 is 16.1 Å². The van der Waals surface area contributed by atoms with Crippen LogP contribution in [0.2, 0.25) is 0 Å². The number of hydrogen-bond donors (Lipinski definition) is 6. The van der Waals surface area contributed by atoms with Crippen molar-refractivity contribution < 1.29 is 62.0 Å². The molecule has 0 spiro atoms. The third-order valence-corrected chi connectivity index (χ3v) is 10.9. The van der Waals surface area contributed by atoms with E-state index in [-0.39, 0.29) is 54.1 Å². The fourth-order valence-corrected chi connectivity index (χ4v) is 7.38. The summed E-state index contributed by atoms with van der Waals surface area (Å²) in [7, 11) is -4.83. The summed E-state index contributed by atoms with van der Waals surface area (Å²) in [6.07, 6.45) is 4.49. The molecule has 0 radical (unpaired) electrons. The number of anilines is 1. The number of phosphoric ester groups is 1. The van der Waals surface area contributed by atoms with E-state index in [1.54, 1.807) is 19.1 Å². The van der Waals surface area contributed by atoms with Crippen molar-refractivity contribution in [1.29, 1.82) is 0 Å². The van der Waals surface area contributed by atoms with Crippen LogP contribution in [0.15, 0.2) is 77.0 Å². The number of aliphatic hydroxyl groups is 1. The van der Waals surface area contributed by atoms with Crippen molar-refractivity contribution in [3.05, 3.63) is 93.7 Å². The van der Waals surface area contributed by atoms with Gasteiger partial charge in [-0.1, -0.05) is 18.6 Å². The average molecular weight is 855 g/mol. The van der Waals surface area contributed by atoms with Crippen molar-refractivity contribution in [1.82, 2.24) is 20.5 Å². The Kier molecular flexibility index (Phi) is 12.5. The molecular weight excluding hydrogens is 814 g/mol. The van der Waals surface area contributed by atoms with Gasteiger partial charge in [0.15, 0.2) is 11.9 Å². The number of carbonyl (C=O) groups is 5. The number of rotatable bonds is 16. The molecule has 1 aliphatic carbocycles. The second kappa shape index (κ2) is 17.3. The van der Waals surface area contributed by atoms with Gasteiger partial charge < -0.3 is 35.2 Å². The van der Waals surface area contributed by atoms with Gasteiger partial charge in [0.05, 0.1) is 17.2 Å². The number of benzene rings is 2. The number of imide groups is 1. The number of hydrogen-bond acceptors (Lipinski definition) is 14. The van der Waals surface area contributed by atoms with Gasteiger partial charge >= 0.3 is 7.82 Å². The van der Waals surface area contributed by atoms with Crippen LogP contribution in [-0.2, 0) is 28.2 Å². The maximum atomic E-state index is 15.8. The molecule has 2 aromatic carbocycles. The van der Waals surface area contributed by atoms with Gasteiger partial charge in [-0.2, -0.15) is 5.10 Å². The SMILES string of the molecule is C/C(=N\NC(=O)c1ccc(NC(=O)CCCCCN2C(=O)C=CC2=O)cc1[N+](=O)[O-])c1ccc(C(=O)NC2=NCN([C@@H]3OC4[C@H](COP(=O)(O)O)C4(O)[C@@]3(C)F)C=C2)cc1. The molecule has 2 fully saturated rings. The number of nitro groups is 1. The standard InChI is InChI=1S/C37H40FN8O13P/c1-21(42-43-34(51)25-12-11-24(18-27(25)46(53)54)40-29(47)6-4-3-5-16-45-30(48)13-14-31(45)49)22-7-9-23(10-8-22)33(50)41-28-15-17-44(20-39-28)35-36(2,38)37(52)26(32(37)59-35)19-58-60(55,56)57/h7-15,17-18,26,32,35,52H,3-6,16,19-20H2,1-2H3,(H,40,47)(H,43,51)(H,39,41,50)(H2,55,56,57)/b42-21+/t26-,32?,35+,36-,37?/m0/s1. The number of carbonyl (C=O) groups excluding carboxylic acids is 5. The van der Waals surface area contributed by atoms with Crippen LogP contribution in [-0.4, -0.2) is 114 Å². The number of alkyl halides is 1. The molecule has 0 aromatic heterocycles. The van der Waals surface area contributed by atoms with E-state index in [0.29, 0.717) is 30.5 Å². The Morgan fingerprint density at radius 1 is 1.05 bits per heavy atom. The lowest BCUT2D eigenvalue weighted by Crippen LogP contribution is -2.53. The summed E-state index contributed by atoms with van der Waals surface area (Å²) in [6.45, 7) is 2.17. The summed E-state index contributed by atoms with van der Waals surface area (Å²) in [5.41, 5.74) is -1.86. The van der Waals surface area contributed by atoms with E-state index in [1.807, 2.05) is 0 Å². The summed E-state index contributed by atoms with van der Waals surface area (Å²) < 4.78 is 36.9. The predicted molar refractivity (Wildman–Crippen MR) is 208 cm³/mol. The number of ether oxygens (including phenoxy) is 1. The van der Waals surface area contributed by atoms with E-state index in [9.17, 15) is 43.8 Å². The van der Waals surface area contributed by atoms with E-state index in [2.05, 4.69) is 30.7 Å². The normalized spacial score (nSPS) is 24.6. The zero-order chi connectivity index (χ0) is 43.6. The molecular formula is C37H40FN8O13P. The number of fused-ring (bicyclic) bond motifs is 1. The van der Waals surface area contributed by atoms with Crippen LogP contribution in [0.3, 0.4) is 0 Å². The summed E-state index contributed by atoms with van der Waals surface area (Å²) >= 11 is 0. The highest BCUT2D eigenvalue weighted by atomic mass is 31.2. The number of nitrogens with zero attached hydrogens (tertiary/aromatic N) is 5. The van der Waals surface area contributed by atoms with E-state index in [4.69, 9.17) is 14.5 Å². The van der Waals surface area contributed by atoms with Crippen molar-refractivity contribution in [2.24, 2.45) is 16.0 Å². The fourth-order valence-electron chi connectivity index (χ4n) is 7.02. The summed E-state index contributed by atoms with van der Waals surface area (Å²) in [5.74, 6) is -3.42. The van der Waals surface area contributed by atoms with Gasteiger partial charge in [-0.05, 0) is 62.6 Å². The van der Waals surface area contributed by atoms with Gasteiger partial charge in [0.1, 0.15) is 29.8 Å². The second-order valence-corrected chi connectivity index (χ2v) is 15.6. The first kappa shape index (κ1) is 43.5. The average Bonchev–Trinajstić information content (AvgIpc) is 3.56. The van der Waals surface area contributed by atoms with Crippen LogP contribution in [0.25, 0.3) is 0 Å². The van der Waals surface area contributed by atoms with E-state index in [1.165, 1.54) is 53.6 Å². The van der Waals surface area contributed by atoms with Crippen molar-refractivity contribution >= 4 is 60.3 Å². The van der Waals surface area contributed by atoms with Crippen molar-refractivity contribution in [2.75, 3.05) is 25.1 Å². The fraction of sp³-hybridized carbons (Fsp3) is 0.378. The molecule has 2 unspecified atom stereocenters. The number of phosphoric acid groups is 1. The molecule has 6 N–H and O–H groups in total. The maximum absolute atomic E-state index is 15.8. The zero-order valence-electron chi connectivity index (χ0n) is 32.0. The molecule has 1 saturated carbocycles. The number of unbranched alkanes of at least 4 members (excludes halogenated alkanes) is 2. The number of nitro benzene ring substituents is 1. The van der Waals surface area contributed by atoms with Crippen LogP contribution in [0.4, 0.5) is 15.8 Å². The largest absolute Gasteiger partial charge is 0.469 e. The van der Waals surface area contributed by atoms with Gasteiger partial charge in [0.2, 0.25) is 5.91 Å². The third-order valence-electron chi connectivity index (χ3n) is 10.4. The minimum absolute atomic E-state index is 0.0859. The molecule has 23 heteroatoms. The second-order valence-electron chi connectivity index (χ2n) is 14.4. The summed E-state index contributed by atoms with van der Waals surface area (Å²) in [6, 6.07) is 9.66. The van der Waals surface area contributed by atoms with Gasteiger partial charge in [0.25, 0.3) is 29.3 Å². The van der Waals surface area contributed by atoms with Crippen molar-refractivity contribution in [3.8, 4) is 0 Å². The van der Waals surface area contributed by atoms with Crippen LogP contribution in [0, 0.1) is 16.0 Å². The van der Waals surface area contributed by atoms with Crippen LogP contribution in [0.5, 0.6) is 0 Å². The maximum Gasteiger partial charge on any atom is 0.469 e. The van der Waals surface area contributed by atoms with Crippen LogP contribution >= 0.6 is 7.82 Å². The molecule has 3 heterocycles. The Labute approximate surface area is 340 Å². The molecule has 60 heavy (non-hydrogen) atoms. The predicted octanol–water partition coefficient (Wildman–Crippen LogP) is 2.01. The molecule has 0 bridgehead atoms. The Morgan fingerprint density at radius 3 is 2.33 bits per heavy atom. The highest BCUT2D eigenvalue weighted by Gasteiger charge is 2.83. The minimum atomic E-state index is -4.83. The number of nitrogens with one attached hydrogen (secondary N) is 3. The smallest absolute Gasteiger partial charge is 0.383 e. The molecule has 1 saturated heterocycles. The van der Waals surface area contributed by atoms with Gasteiger partial charge in [-0.25, -0.2) is 19.4 Å². The van der Waals surface area contributed by atoms with E-state index in [0.717, 1.165) is 17.9 Å². The van der Waals surface area contributed by atoms with Gasteiger partial charge in [0, 0.05) is 54.6 Å². The third kappa shape index (κ3) is 9.38. The van der Waals surface area contributed by atoms with Crippen molar-refractivity contribution in [3.63, 3.8) is 0 Å². The highest BCUT2D eigenvalue weighted by Crippen LogP contribution is 2.63. The Bertz CT molecular complexity index is 2260. The van der Waals surface area contributed by atoms with Crippen LogP contribution in [0.1, 0.15) is 65.8 Å². The quantitative estimate of drug-likeness (QED) is 0.0352. The lowest BCUT2D eigenvalue weighted by Gasteiger charge is -2.37. The lowest BCUT2D eigenvalue weighted by molar-refractivity contribution is -0.385. The number of hydrazone groups is 1. The van der Waals surface area contributed by atoms with Crippen molar-refractivity contribution in [2.45, 2.75) is 63.1 Å².